The molecule has 1 aliphatic heterocycles. The molecule has 1 saturated heterocycles. The number of nitrogen functional groups attached to an aromatic ring is 1. The number of carbonyl (C=O) groups excluding carboxylic acids is 2. The van der Waals surface area contributed by atoms with E-state index in [1.165, 1.54) is 12.0 Å². The van der Waals surface area contributed by atoms with Gasteiger partial charge < -0.3 is 15.2 Å². The van der Waals surface area contributed by atoms with Crippen molar-refractivity contribution in [1.82, 2.24) is 29.3 Å². The number of hydrogen-bond donors (Lipinski definition) is 1. The van der Waals surface area contributed by atoms with E-state index in [1.54, 1.807) is 48.4 Å². The van der Waals surface area contributed by atoms with Crippen molar-refractivity contribution in [2.45, 2.75) is 51.2 Å². The van der Waals surface area contributed by atoms with Gasteiger partial charge >= 0.3 is 12.1 Å². The number of esters is 1. The molecule has 11 heteroatoms. The lowest BCUT2D eigenvalue weighted by molar-refractivity contribution is -0.148. The van der Waals surface area contributed by atoms with Gasteiger partial charge in [0.2, 0.25) is 0 Å². The molecule has 0 spiro atoms. The second-order valence-corrected chi connectivity index (χ2v) is 9.25. The van der Waals surface area contributed by atoms with Crippen LogP contribution in [0.15, 0.2) is 24.7 Å². The Morgan fingerprint density at radius 2 is 1.94 bits per heavy atom. The van der Waals surface area contributed by atoms with E-state index in [4.69, 9.17) is 20.2 Å². The van der Waals surface area contributed by atoms with E-state index in [0.717, 1.165) is 16.8 Å². The molecule has 176 valence electrons. The molecule has 0 bridgehead atoms. The SMILES string of the molecule is COC(=O)C1CCC(c2cc(N)n3ncc(-c4cnn(C)c4)c3n2)CN1C(=O)OC(C)(C)C. The van der Waals surface area contributed by atoms with Crippen molar-refractivity contribution in [3.8, 4) is 11.1 Å². The minimum absolute atomic E-state index is 0.137. The molecule has 4 heterocycles. The van der Waals surface area contributed by atoms with E-state index in [0.29, 0.717) is 24.3 Å². The zero-order valence-electron chi connectivity index (χ0n) is 19.5. The van der Waals surface area contributed by atoms with Crippen molar-refractivity contribution in [2.24, 2.45) is 7.05 Å². The van der Waals surface area contributed by atoms with Gasteiger partial charge in [0.05, 0.1) is 25.2 Å². The Kier molecular flexibility index (Phi) is 5.73. The lowest BCUT2D eigenvalue weighted by Gasteiger charge is -2.38. The summed E-state index contributed by atoms with van der Waals surface area (Å²) in [6.07, 6.45) is 5.84. The number of likely N-dealkylation sites (tertiary alicyclic amines) is 1. The van der Waals surface area contributed by atoms with Gasteiger partial charge in [0, 0.05) is 42.9 Å². The molecule has 11 nitrogen and oxygen atoms in total. The largest absolute Gasteiger partial charge is 0.467 e. The number of hydrogen-bond acceptors (Lipinski definition) is 8. The number of amides is 1. The third-order valence-electron chi connectivity index (χ3n) is 5.64. The average Bonchev–Trinajstić information content (AvgIpc) is 3.37. The first-order valence-electron chi connectivity index (χ1n) is 10.8. The van der Waals surface area contributed by atoms with Crippen LogP contribution in [0.3, 0.4) is 0 Å². The van der Waals surface area contributed by atoms with E-state index in [-0.39, 0.29) is 12.5 Å². The molecule has 4 rings (SSSR count). The predicted octanol–water partition coefficient (Wildman–Crippen LogP) is 2.37. The lowest BCUT2D eigenvalue weighted by Crippen LogP contribution is -2.52. The number of nitrogens with two attached hydrogens (primary N) is 1. The van der Waals surface area contributed by atoms with E-state index < -0.39 is 23.7 Å². The van der Waals surface area contributed by atoms with Gasteiger partial charge in [-0.3, -0.25) is 9.58 Å². The molecule has 3 aromatic rings. The fourth-order valence-electron chi connectivity index (χ4n) is 4.09. The molecular formula is C22H29N7O4. The number of piperidine rings is 1. The Morgan fingerprint density at radius 1 is 1.18 bits per heavy atom. The zero-order chi connectivity index (χ0) is 23.9. The lowest BCUT2D eigenvalue weighted by atomic mass is 9.90. The number of aryl methyl sites for hydroxylation is 1. The van der Waals surface area contributed by atoms with Gasteiger partial charge in [0.15, 0.2) is 5.65 Å². The van der Waals surface area contributed by atoms with Crippen molar-refractivity contribution in [1.29, 1.82) is 0 Å². The standard InChI is InChI=1S/C22H29N7O4/c1-22(2,3)33-21(31)28-12-13(6-7-17(28)20(30)32-5)16-8-18(23)29-19(26-16)15(10-25-29)14-9-24-27(4)11-14/h8-11,13,17H,6-7,12,23H2,1-5H3. The van der Waals surface area contributed by atoms with Gasteiger partial charge in [-0.15, -0.1) is 0 Å². The Labute approximate surface area is 191 Å². The molecular weight excluding hydrogens is 426 g/mol. The summed E-state index contributed by atoms with van der Waals surface area (Å²) < 4.78 is 13.8. The summed E-state index contributed by atoms with van der Waals surface area (Å²) in [7, 11) is 3.16. The molecule has 0 aliphatic carbocycles. The number of rotatable bonds is 3. The maximum Gasteiger partial charge on any atom is 0.411 e. The number of nitrogens with zero attached hydrogens (tertiary/aromatic N) is 6. The van der Waals surface area contributed by atoms with E-state index >= 15 is 0 Å². The first kappa shape index (κ1) is 22.6. The predicted molar refractivity (Wildman–Crippen MR) is 120 cm³/mol. The zero-order valence-corrected chi connectivity index (χ0v) is 19.5. The highest BCUT2D eigenvalue weighted by atomic mass is 16.6. The monoisotopic (exact) mass is 455 g/mol. The van der Waals surface area contributed by atoms with Gasteiger partial charge in [-0.1, -0.05) is 0 Å². The molecule has 33 heavy (non-hydrogen) atoms. The van der Waals surface area contributed by atoms with Gasteiger partial charge in [-0.2, -0.15) is 14.7 Å². The Balaban J connectivity index is 1.68. The summed E-state index contributed by atoms with van der Waals surface area (Å²) in [4.78, 5) is 31.6. The van der Waals surface area contributed by atoms with Crippen LogP contribution in [0, 0.1) is 0 Å². The number of methoxy groups -OCH3 is 1. The fourth-order valence-corrected chi connectivity index (χ4v) is 4.09. The smallest absolute Gasteiger partial charge is 0.411 e. The Hall–Kier alpha value is -3.63. The van der Waals surface area contributed by atoms with Crippen molar-refractivity contribution in [3.63, 3.8) is 0 Å². The van der Waals surface area contributed by atoms with Crippen LogP contribution in [0.2, 0.25) is 0 Å². The molecule has 2 unspecified atom stereocenters. The Bertz CT molecular complexity index is 1190. The van der Waals surface area contributed by atoms with E-state index in [2.05, 4.69) is 10.2 Å². The summed E-state index contributed by atoms with van der Waals surface area (Å²) >= 11 is 0. The van der Waals surface area contributed by atoms with Crippen molar-refractivity contribution in [2.75, 3.05) is 19.4 Å². The summed E-state index contributed by atoms with van der Waals surface area (Å²) in [5, 5.41) is 8.59. The number of fused-ring (bicyclic) bond motifs is 1. The fraction of sp³-hybridized carbons (Fsp3) is 0.500. The van der Waals surface area contributed by atoms with Crippen LogP contribution in [0.4, 0.5) is 10.6 Å². The average molecular weight is 456 g/mol. The first-order chi connectivity index (χ1) is 15.6. The number of aromatic nitrogens is 5. The van der Waals surface area contributed by atoms with Gasteiger partial charge in [0.25, 0.3) is 0 Å². The van der Waals surface area contributed by atoms with Crippen LogP contribution in [0.25, 0.3) is 16.8 Å². The van der Waals surface area contributed by atoms with Crippen molar-refractivity contribution >= 4 is 23.5 Å². The minimum Gasteiger partial charge on any atom is -0.467 e. The van der Waals surface area contributed by atoms with Crippen molar-refractivity contribution < 1.29 is 19.1 Å². The summed E-state index contributed by atoms with van der Waals surface area (Å²) in [6, 6.07) is 1.06. The third-order valence-corrected chi connectivity index (χ3v) is 5.64. The quantitative estimate of drug-likeness (QED) is 0.596. The van der Waals surface area contributed by atoms with Crippen LogP contribution >= 0.6 is 0 Å². The highest BCUT2D eigenvalue weighted by Crippen LogP contribution is 2.33. The van der Waals surface area contributed by atoms with Crippen LogP contribution in [-0.4, -0.2) is 66.6 Å². The maximum atomic E-state index is 12.9. The molecule has 0 saturated carbocycles. The van der Waals surface area contributed by atoms with Crippen LogP contribution in [0.5, 0.6) is 0 Å². The van der Waals surface area contributed by atoms with Crippen LogP contribution in [-0.2, 0) is 21.3 Å². The van der Waals surface area contributed by atoms with E-state index in [9.17, 15) is 9.59 Å². The molecule has 2 atom stereocenters. The maximum absolute atomic E-state index is 12.9. The highest BCUT2D eigenvalue weighted by molar-refractivity contribution is 5.82. The molecule has 3 aromatic heterocycles. The topological polar surface area (TPSA) is 130 Å². The van der Waals surface area contributed by atoms with Crippen LogP contribution in [0.1, 0.15) is 45.2 Å². The van der Waals surface area contributed by atoms with Crippen molar-refractivity contribution in [3.05, 3.63) is 30.4 Å². The Morgan fingerprint density at radius 3 is 2.58 bits per heavy atom. The summed E-state index contributed by atoms with van der Waals surface area (Å²) in [5.41, 5.74) is 8.62. The normalized spacial score (nSPS) is 19.0. The van der Waals surface area contributed by atoms with Gasteiger partial charge in [0.1, 0.15) is 17.5 Å². The molecule has 1 fully saturated rings. The molecule has 2 N–H and O–H groups in total. The van der Waals surface area contributed by atoms with Gasteiger partial charge in [-0.05, 0) is 33.6 Å². The number of ether oxygens (including phenoxy) is 2. The molecule has 1 amide bonds. The number of carbonyl (C=O) groups is 2. The highest BCUT2D eigenvalue weighted by Gasteiger charge is 2.39. The first-order valence-corrected chi connectivity index (χ1v) is 10.8. The number of anilines is 1. The van der Waals surface area contributed by atoms with E-state index in [1.807, 2.05) is 13.2 Å². The third kappa shape index (κ3) is 4.48. The second kappa shape index (κ2) is 8.38. The summed E-state index contributed by atoms with van der Waals surface area (Å²) in [5.74, 6) is -0.164. The van der Waals surface area contributed by atoms with Crippen LogP contribution < -0.4 is 5.73 Å². The minimum atomic E-state index is -0.705. The molecule has 0 aromatic carbocycles. The molecule has 0 radical (unpaired) electrons. The van der Waals surface area contributed by atoms with Gasteiger partial charge in [-0.25, -0.2) is 14.6 Å². The second-order valence-electron chi connectivity index (χ2n) is 9.25. The summed E-state index contributed by atoms with van der Waals surface area (Å²) in [6.45, 7) is 5.62. The molecule has 1 aliphatic rings.